The third-order valence-corrected chi connectivity index (χ3v) is 4.16. The highest BCUT2D eigenvalue weighted by molar-refractivity contribution is 7.89. The van der Waals surface area contributed by atoms with Gasteiger partial charge < -0.3 is 9.84 Å². The lowest BCUT2D eigenvalue weighted by molar-refractivity contribution is -0.144. The van der Waals surface area contributed by atoms with Crippen LogP contribution in [-0.2, 0) is 19.6 Å². The van der Waals surface area contributed by atoms with E-state index in [4.69, 9.17) is 4.74 Å². The molecule has 0 saturated carbocycles. The molecule has 20 heavy (non-hydrogen) atoms. The summed E-state index contributed by atoms with van der Waals surface area (Å²) < 4.78 is 31.2. The first-order valence-corrected chi connectivity index (χ1v) is 7.73. The van der Waals surface area contributed by atoms with Gasteiger partial charge in [0, 0.05) is 0 Å². The van der Waals surface area contributed by atoms with Crippen LogP contribution in [0, 0.1) is 0 Å². The molecule has 0 aliphatic rings. The maximum absolute atomic E-state index is 12.1. The van der Waals surface area contributed by atoms with Crippen molar-refractivity contribution in [2.75, 3.05) is 6.61 Å². The van der Waals surface area contributed by atoms with Gasteiger partial charge in [0.2, 0.25) is 10.0 Å². The molecule has 0 bridgehead atoms. The summed E-state index contributed by atoms with van der Waals surface area (Å²) in [5.41, 5.74) is 0.483. The predicted molar refractivity (Wildman–Crippen MR) is 73.5 cm³/mol. The number of benzene rings is 1. The molecule has 1 aromatic carbocycles. The van der Waals surface area contributed by atoms with E-state index in [1.165, 1.54) is 25.1 Å². The van der Waals surface area contributed by atoms with Gasteiger partial charge in [-0.05, 0) is 38.5 Å². The van der Waals surface area contributed by atoms with E-state index in [9.17, 15) is 18.3 Å². The van der Waals surface area contributed by atoms with Crippen LogP contribution in [0.3, 0.4) is 0 Å². The summed E-state index contributed by atoms with van der Waals surface area (Å²) in [6, 6.07) is 4.94. The van der Waals surface area contributed by atoms with E-state index in [2.05, 4.69) is 4.72 Å². The monoisotopic (exact) mass is 301 g/mol. The molecule has 0 saturated heterocycles. The molecule has 0 heterocycles. The largest absolute Gasteiger partial charge is 0.465 e. The highest BCUT2D eigenvalue weighted by Gasteiger charge is 2.23. The van der Waals surface area contributed by atoms with Crippen molar-refractivity contribution in [3.63, 3.8) is 0 Å². The Morgan fingerprint density at radius 3 is 2.60 bits per heavy atom. The number of hydrogen-bond acceptors (Lipinski definition) is 5. The maximum Gasteiger partial charge on any atom is 0.323 e. The average molecular weight is 301 g/mol. The van der Waals surface area contributed by atoms with Crippen molar-refractivity contribution in [2.24, 2.45) is 0 Å². The minimum Gasteiger partial charge on any atom is -0.465 e. The fourth-order valence-electron chi connectivity index (χ4n) is 1.56. The number of aliphatic hydroxyl groups is 1. The van der Waals surface area contributed by atoms with Crippen LogP contribution in [0.5, 0.6) is 0 Å². The molecule has 0 radical (unpaired) electrons. The first kappa shape index (κ1) is 16.6. The van der Waals surface area contributed by atoms with Gasteiger partial charge >= 0.3 is 5.97 Å². The Kier molecular flexibility index (Phi) is 5.67. The van der Waals surface area contributed by atoms with E-state index in [1.807, 2.05) is 0 Å². The van der Waals surface area contributed by atoms with Crippen LogP contribution < -0.4 is 4.72 Å². The van der Waals surface area contributed by atoms with Crippen molar-refractivity contribution in [2.45, 2.75) is 37.8 Å². The molecule has 0 spiro atoms. The van der Waals surface area contributed by atoms with Crippen molar-refractivity contribution in [1.82, 2.24) is 4.72 Å². The van der Waals surface area contributed by atoms with E-state index in [1.54, 1.807) is 19.9 Å². The molecule has 0 fully saturated rings. The van der Waals surface area contributed by atoms with Gasteiger partial charge in [0.05, 0.1) is 17.6 Å². The lowest BCUT2D eigenvalue weighted by atomic mass is 10.1. The molecule has 0 aliphatic carbocycles. The fraction of sp³-hybridized carbons (Fsp3) is 0.462. The fourth-order valence-corrected chi connectivity index (χ4v) is 2.80. The Bertz CT molecular complexity index is 568. The minimum atomic E-state index is -3.84. The second-order valence-electron chi connectivity index (χ2n) is 4.34. The van der Waals surface area contributed by atoms with Crippen molar-refractivity contribution in [3.8, 4) is 0 Å². The third-order valence-electron chi connectivity index (χ3n) is 2.62. The normalized spacial score (nSPS) is 14.6. The molecule has 0 amide bonds. The van der Waals surface area contributed by atoms with Crippen LogP contribution in [0.2, 0.25) is 0 Å². The van der Waals surface area contributed by atoms with Crippen LogP contribution in [0.15, 0.2) is 29.2 Å². The Labute approximate surface area is 118 Å². The quantitative estimate of drug-likeness (QED) is 0.764. The van der Waals surface area contributed by atoms with E-state index in [0.717, 1.165) is 0 Å². The third kappa shape index (κ3) is 4.29. The van der Waals surface area contributed by atoms with Gasteiger partial charge in [0.25, 0.3) is 0 Å². The average Bonchev–Trinajstić information content (AvgIpc) is 2.38. The molecule has 0 aliphatic heterocycles. The number of nitrogens with one attached hydrogen (secondary N) is 1. The second-order valence-corrected chi connectivity index (χ2v) is 6.06. The number of rotatable bonds is 6. The Morgan fingerprint density at radius 1 is 1.40 bits per heavy atom. The number of sulfonamides is 1. The van der Waals surface area contributed by atoms with Crippen molar-refractivity contribution in [1.29, 1.82) is 0 Å². The molecule has 1 aromatic rings. The molecule has 1 rings (SSSR count). The van der Waals surface area contributed by atoms with Gasteiger partial charge in [0.1, 0.15) is 6.04 Å². The zero-order valence-electron chi connectivity index (χ0n) is 11.7. The Hall–Kier alpha value is -1.44. The van der Waals surface area contributed by atoms with Crippen LogP contribution in [0.25, 0.3) is 0 Å². The summed E-state index contributed by atoms with van der Waals surface area (Å²) in [6.45, 7) is 4.78. The van der Waals surface area contributed by atoms with Crippen LogP contribution in [0.4, 0.5) is 0 Å². The zero-order valence-corrected chi connectivity index (χ0v) is 12.5. The number of esters is 1. The number of aliphatic hydroxyl groups excluding tert-OH is 1. The van der Waals surface area contributed by atoms with E-state index < -0.39 is 28.1 Å². The summed E-state index contributed by atoms with van der Waals surface area (Å²) in [6.07, 6.45) is -0.771. The highest BCUT2D eigenvalue weighted by Crippen LogP contribution is 2.17. The van der Waals surface area contributed by atoms with Crippen LogP contribution in [0.1, 0.15) is 32.4 Å². The van der Waals surface area contributed by atoms with Gasteiger partial charge in [-0.15, -0.1) is 0 Å². The van der Waals surface area contributed by atoms with Crippen molar-refractivity contribution < 1.29 is 23.1 Å². The van der Waals surface area contributed by atoms with Gasteiger partial charge in [-0.1, -0.05) is 12.1 Å². The number of hydrogen-bond donors (Lipinski definition) is 2. The topological polar surface area (TPSA) is 92.7 Å². The number of carbonyl (C=O) groups excluding carboxylic acids is 1. The molecule has 6 nitrogen and oxygen atoms in total. The van der Waals surface area contributed by atoms with Gasteiger partial charge in [-0.25, -0.2) is 8.42 Å². The standard InChI is InChI=1S/C13H19NO5S/c1-4-19-13(16)9(2)14-20(17,18)12-7-5-6-11(8-12)10(3)15/h5-10,14-15H,4H2,1-3H3. The van der Waals surface area contributed by atoms with Gasteiger partial charge in [-0.2, -0.15) is 4.72 Å². The van der Waals surface area contributed by atoms with E-state index in [-0.39, 0.29) is 11.5 Å². The SMILES string of the molecule is CCOC(=O)C(C)NS(=O)(=O)c1cccc(C(C)O)c1. The molecule has 7 heteroatoms. The summed E-state index contributed by atoms with van der Waals surface area (Å²) in [5, 5.41) is 9.46. The molecule has 2 unspecified atom stereocenters. The summed E-state index contributed by atoms with van der Waals surface area (Å²) >= 11 is 0. The number of ether oxygens (including phenoxy) is 1. The zero-order chi connectivity index (χ0) is 15.3. The van der Waals surface area contributed by atoms with Gasteiger partial charge in [0.15, 0.2) is 0 Å². The molecule has 2 atom stereocenters. The van der Waals surface area contributed by atoms with Crippen molar-refractivity contribution in [3.05, 3.63) is 29.8 Å². The smallest absolute Gasteiger partial charge is 0.323 e. The van der Waals surface area contributed by atoms with Crippen LogP contribution >= 0.6 is 0 Å². The van der Waals surface area contributed by atoms with Crippen molar-refractivity contribution >= 4 is 16.0 Å². The Morgan fingerprint density at radius 2 is 2.05 bits per heavy atom. The first-order valence-electron chi connectivity index (χ1n) is 6.25. The predicted octanol–water partition coefficient (Wildman–Crippen LogP) is 0.970. The Balaban J connectivity index is 2.94. The summed E-state index contributed by atoms with van der Waals surface area (Å²) in [4.78, 5) is 11.4. The first-order chi connectivity index (χ1) is 9.27. The van der Waals surface area contributed by atoms with Crippen LogP contribution in [-0.4, -0.2) is 32.1 Å². The lowest BCUT2D eigenvalue weighted by Gasteiger charge is -2.14. The minimum absolute atomic E-state index is 0.00736. The van der Waals surface area contributed by atoms with E-state index in [0.29, 0.717) is 5.56 Å². The lowest BCUT2D eigenvalue weighted by Crippen LogP contribution is -2.39. The van der Waals surface area contributed by atoms with E-state index >= 15 is 0 Å². The summed E-state index contributed by atoms with van der Waals surface area (Å²) in [7, 11) is -3.84. The maximum atomic E-state index is 12.1. The molecule has 112 valence electrons. The highest BCUT2D eigenvalue weighted by atomic mass is 32.2. The summed E-state index contributed by atoms with van der Waals surface area (Å²) in [5.74, 6) is -0.636. The molecular formula is C13H19NO5S. The molecule has 0 aromatic heterocycles. The van der Waals surface area contributed by atoms with Gasteiger partial charge in [-0.3, -0.25) is 4.79 Å². The molecular weight excluding hydrogens is 282 g/mol. The molecule has 2 N–H and O–H groups in total. The second kappa shape index (κ2) is 6.83. The number of carbonyl (C=O) groups is 1.